The Kier molecular flexibility index (Phi) is 14.0. The van der Waals surface area contributed by atoms with Crippen LogP contribution in [0.2, 0.25) is 12.0 Å². The Bertz CT molecular complexity index is 191. The Morgan fingerprint density at radius 2 is 1.15 bits per heavy atom. The van der Waals surface area contributed by atoms with E-state index in [4.69, 9.17) is 0 Å². The third kappa shape index (κ3) is 11.4. The molecule has 0 saturated carbocycles. The second-order valence-corrected chi connectivity index (χ2v) is 18.3. The van der Waals surface area contributed by atoms with Crippen molar-refractivity contribution < 1.29 is 0 Å². The Morgan fingerprint density at radius 1 is 0.750 bits per heavy atom. The molecule has 0 spiro atoms. The van der Waals surface area contributed by atoms with Crippen LogP contribution < -0.4 is 0 Å². The zero-order valence-corrected chi connectivity index (χ0v) is 18.4. The van der Waals surface area contributed by atoms with Gasteiger partial charge in [-0.2, -0.15) is 0 Å². The summed E-state index contributed by atoms with van der Waals surface area (Å²) in [4.78, 5) is 5.02. The molecule has 0 aromatic heterocycles. The predicted molar refractivity (Wildman–Crippen MR) is 95.3 cm³/mol. The molecular weight excluding hydrogens is 347 g/mol. The number of hydrogen-bond acceptors (Lipinski definition) is 2. The molecule has 2 nitrogen and oxygen atoms in total. The predicted octanol–water partition coefficient (Wildman–Crippen LogP) is 4.36. The molecule has 0 aliphatic carbocycles. The van der Waals surface area contributed by atoms with E-state index in [2.05, 4.69) is 51.6 Å². The van der Waals surface area contributed by atoms with E-state index in [-0.39, 0.29) is 0 Å². The molecule has 0 amide bonds. The van der Waals surface area contributed by atoms with Gasteiger partial charge in [0.05, 0.1) is 0 Å². The molecule has 0 N–H and O–H groups in total. The summed E-state index contributed by atoms with van der Waals surface area (Å²) in [5.41, 5.74) is 0. The van der Waals surface area contributed by atoms with Crippen molar-refractivity contribution in [2.45, 2.75) is 65.4 Å². The molecule has 0 rings (SSSR count). The van der Waals surface area contributed by atoms with Crippen LogP contribution in [0.3, 0.4) is 0 Å². The molecule has 20 heavy (non-hydrogen) atoms. The van der Waals surface area contributed by atoms with Gasteiger partial charge in [-0.25, -0.2) is 0 Å². The molecule has 0 aliphatic rings. The van der Waals surface area contributed by atoms with Crippen LogP contribution in [0.1, 0.15) is 53.4 Å². The van der Waals surface area contributed by atoms with Gasteiger partial charge in [0.15, 0.2) is 0 Å². The Labute approximate surface area is 136 Å². The van der Waals surface area contributed by atoms with Crippen molar-refractivity contribution in [3.05, 3.63) is 0 Å². The minimum absolute atomic E-state index is 1.05. The fourth-order valence-corrected chi connectivity index (χ4v) is 11.7. The van der Waals surface area contributed by atoms with Crippen LogP contribution in [0.25, 0.3) is 0 Å². The van der Waals surface area contributed by atoms with Crippen LogP contribution in [-0.4, -0.2) is 71.5 Å². The average molecular weight is 386 g/mol. The first kappa shape index (κ1) is 20.8. The maximum absolute atomic E-state index is 2.51. The fourth-order valence-electron chi connectivity index (χ4n) is 3.04. The number of hydrogen-bond donors (Lipinski definition) is 0. The fraction of sp³-hybridized carbons (Fsp3) is 1.00. The van der Waals surface area contributed by atoms with Gasteiger partial charge in [0, 0.05) is 0 Å². The molecule has 0 bridgehead atoms. The Hall–Kier alpha value is 0.790. The van der Waals surface area contributed by atoms with Gasteiger partial charge in [0.25, 0.3) is 0 Å². The first-order valence-corrected chi connectivity index (χ1v) is 15.4. The van der Waals surface area contributed by atoms with E-state index < -0.39 is 21.4 Å². The van der Waals surface area contributed by atoms with Gasteiger partial charge < -0.3 is 0 Å². The molecule has 0 saturated heterocycles. The summed E-state index contributed by atoms with van der Waals surface area (Å²) in [6, 6.07) is 0. The second-order valence-electron chi connectivity index (χ2n) is 6.90. The zero-order valence-electron chi connectivity index (χ0n) is 15.1. The summed E-state index contributed by atoms with van der Waals surface area (Å²) >= 11 is -1.25. The van der Waals surface area contributed by atoms with Crippen molar-refractivity contribution in [1.29, 1.82) is 0 Å². The van der Waals surface area contributed by atoms with E-state index in [0.717, 1.165) is 3.67 Å². The molecule has 0 fully saturated rings. The molecular formula is C17H39InN2. The molecule has 0 aromatic rings. The van der Waals surface area contributed by atoms with Gasteiger partial charge in [-0.05, 0) is 0 Å². The maximum atomic E-state index is 2.51. The number of nitrogens with zero attached hydrogens (tertiary/aromatic N) is 2. The van der Waals surface area contributed by atoms with Crippen LogP contribution in [0.5, 0.6) is 0 Å². The third-order valence-electron chi connectivity index (χ3n) is 4.38. The molecule has 120 valence electrons. The third-order valence-corrected chi connectivity index (χ3v) is 16.3. The van der Waals surface area contributed by atoms with Gasteiger partial charge in [0.2, 0.25) is 0 Å². The SMILES string of the molecule is CCCN(C)CC[CH2][In]([CH2]CCN(C)CCC)[CH](C)C. The molecule has 0 atom stereocenters. The van der Waals surface area contributed by atoms with Crippen LogP contribution >= 0.6 is 0 Å². The zero-order chi connectivity index (χ0) is 15.4. The summed E-state index contributed by atoms with van der Waals surface area (Å²) in [6.45, 7) is 14.7. The summed E-state index contributed by atoms with van der Waals surface area (Å²) in [5.74, 6) is 0. The van der Waals surface area contributed by atoms with E-state index in [1.165, 1.54) is 51.9 Å². The first-order valence-electron chi connectivity index (χ1n) is 8.88. The van der Waals surface area contributed by atoms with Crippen molar-refractivity contribution >= 4 is 21.4 Å². The number of rotatable bonds is 13. The van der Waals surface area contributed by atoms with Crippen LogP contribution in [-0.2, 0) is 0 Å². The van der Waals surface area contributed by atoms with Crippen LogP contribution in [0, 0.1) is 0 Å². The van der Waals surface area contributed by atoms with E-state index in [9.17, 15) is 0 Å². The van der Waals surface area contributed by atoms with E-state index in [1.807, 2.05) is 0 Å². The van der Waals surface area contributed by atoms with Gasteiger partial charge in [0.1, 0.15) is 0 Å². The van der Waals surface area contributed by atoms with Crippen LogP contribution in [0.15, 0.2) is 0 Å². The van der Waals surface area contributed by atoms with Crippen molar-refractivity contribution in [2.24, 2.45) is 0 Å². The van der Waals surface area contributed by atoms with Crippen molar-refractivity contribution in [3.63, 3.8) is 0 Å². The van der Waals surface area contributed by atoms with Crippen LogP contribution in [0.4, 0.5) is 0 Å². The summed E-state index contributed by atoms with van der Waals surface area (Å²) in [7, 11) is 4.56. The topological polar surface area (TPSA) is 6.48 Å². The minimum atomic E-state index is -1.25. The molecule has 0 heterocycles. The quantitative estimate of drug-likeness (QED) is 0.464. The van der Waals surface area contributed by atoms with Gasteiger partial charge >= 0.3 is 137 Å². The van der Waals surface area contributed by atoms with E-state index >= 15 is 0 Å². The van der Waals surface area contributed by atoms with Crippen molar-refractivity contribution in [2.75, 3.05) is 40.3 Å². The van der Waals surface area contributed by atoms with E-state index in [0.29, 0.717) is 0 Å². The first-order chi connectivity index (χ1) is 9.51. The summed E-state index contributed by atoms with van der Waals surface area (Å²) in [6.07, 6.45) is 5.49. The van der Waals surface area contributed by atoms with Crippen molar-refractivity contribution in [3.8, 4) is 0 Å². The summed E-state index contributed by atoms with van der Waals surface area (Å²) in [5, 5.41) is 0. The van der Waals surface area contributed by atoms with Crippen molar-refractivity contribution in [1.82, 2.24) is 9.80 Å². The molecule has 0 aromatic carbocycles. The van der Waals surface area contributed by atoms with E-state index in [1.54, 1.807) is 8.35 Å². The van der Waals surface area contributed by atoms with Gasteiger partial charge in [-0.3, -0.25) is 0 Å². The summed E-state index contributed by atoms with van der Waals surface area (Å²) < 4.78 is 4.28. The standard InChI is InChI=1S/2C7H16N.C3H7.In/c2*1-4-6-8(3)7-5-2;1-3-2;/h2*1,4-7H2,2-3H3;3H,1-2H3;. The van der Waals surface area contributed by atoms with Gasteiger partial charge in [-0.15, -0.1) is 0 Å². The Morgan fingerprint density at radius 3 is 1.45 bits per heavy atom. The molecule has 0 radical (unpaired) electrons. The molecule has 0 aliphatic heterocycles. The average Bonchev–Trinajstić information content (AvgIpc) is 2.37. The molecule has 0 unspecified atom stereocenters. The van der Waals surface area contributed by atoms with Gasteiger partial charge in [-0.1, -0.05) is 0 Å². The normalized spacial score (nSPS) is 11.8. The second kappa shape index (κ2) is 13.5. The monoisotopic (exact) mass is 386 g/mol. The Balaban J connectivity index is 3.81. The molecule has 3 heteroatoms.